The van der Waals surface area contributed by atoms with E-state index in [0.29, 0.717) is 27.2 Å². The van der Waals surface area contributed by atoms with Crippen LogP contribution in [0.2, 0.25) is 0 Å². The number of fused-ring (bicyclic) bond motifs is 11. The first-order valence-corrected chi connectivity index (χ1v) is 16.1. The molecule has 0 aliphatic carbocycles. The van der Waals surface area contributed by atoms with Crippen LogP contribution in [0.25, 0.3) is 54.5 Å². The molecule has 9 rings (SSSR count). The molecule has 0 radical (unpaired) electrons. The summed E-state index contributed by atoms with van der Waals surface area (Å²) in [5.41, 5.74) is 5.85. The van der Waals surface area contributed by atoms with Crippen molar-refractivity contribution in [2.45, 2.75) is 37.3 Å². The summed E-state index contributed by atoms with van der Waals surface area (Å²) in [6.07, 6.45) is -6.47. The molecule has 5 heterocycles. The van der Waals surface area contributed by atoms with Crippen LogP contribution >= 0.6 is 0 Å². The molecule has 15 heteroatoms. The Balaban J connectivity index is 1.27. The second-order valence-electron chi connectivity index (χ2n) is 12.6. The predicted octanol–water partition coefficient (Wildman–Crippen LogP) is 1.92. The Kier molecular flexibility index (Phi) is 6.95. The Labute approximate surface area is 286 Å². The number of hydrogen-bond acceptors (Lipinski definition) is 12. The van der Waals surface area contributed by atoms with E-state index in [2.05, 4.69) is 15.4 Å². The zero-order valence-corrected chi connectivity index (χ0v) is 26.4. The second-order valence-corrected chi connectivity index (χ2v) is 12.6. The SMILES string of the molecule is O=C1c2c(c3c4ccc(O)cc4n(O[C@@H]4O[C@H](CO)[C@@H](O)[C@H](O)[C@H]4O)c3c3[nH]c4cc(O)ccc4c23)C(=O)N1NCc1ccnc2ccccc12. The van der Waals surface area contributed by atoms with E-state index in [1.54, 1.807) is 24.4 Å². The Morgan fingerprint density at radius 1 is 0.843 bits per heavy atom. The van der Waals surface area contributed by atoms with Gasteiger partial charge in [-0.15, -0.1) is 0 Å². The summed E-state index contributed by atoms with van der Waals surface area (Å²) >= 11 is 0. The number of aliphatic hydroxyl groups excluding tert-OH is 4. The Morgan fingerprint density at radius 2 is 1.57 bits per heavy atom. The summed E-state index contributed by atoms with van der Waals surface area (Å²) in [5.74, 6) is -1.51. The minimum atomic E-state index is -1.79. The number of pyridine rings is 1. The first kappa shape index (κ1) is 31.2. The highest BCUT2D eigenvalue weighted by Gasteiger charge is 2.46. The lowest BCUT2D eigenvalue weighted by Gasteiger charge is -2.39. The number of aromatic amines is 1. The Hall–Kier alpha value is -5.81. The summed E-state index contributed by atoms with van der Waals surface area (Å²) in [6, 6.07) is 18.2. The van der Waals surface area contributed by atoms with Crippen molar-refractivity contribution in [3.63, 3.8) is 0 Å². The number of benzene rings is 4. The number of phenols is 2. The molecule has 7 aromatic rings. The van der Waals surface area contributed by atoms with Crippen molar-refractivity contribution in [1.82, 2.24) is 25.1 Å². The highest BCUT2D eigenvalue weighted by Crippen LogP contribution is 2.45. The summed E-state index contributed by atoms with van der Waals surface area (Å²) < 4.78 is 6.88. The molecule has 0 bridgehead atoms. The molecule has 4 aromatic carbocycles. The fourth-order valence-corrected chi connectivity index (χ4v) is 7.33. The lowest BCUT2D eigenvalue weighted by molar-refractivity contribution is -0.298. The van der Waals surface area contributed by atoms with E-state index in [4.69, 9.17) is 9.57 Å². The minimum Gasteiger partial charge on any atom is -0.508 e. The van der Waals surface area contributed by atoms with Crippen molar-refractivity contribution >= 4 is 66.3 Å². The molecule has 5 atom stereocenters. The number of nitrogens with zero attached hydrogens (tertiary/aromatic N) is 3. The largest absolute Gasteiger partial charge is 0.508 e. The van der Waals surface area contributed by atoms with Gasteiger partial charge in [0, 0.05) is 51.8 Å². The smallest absolute Gasteiger partial charge is 0.276 e. The van der Waals surface area contributed by atoms with Gasteiger partial charge < -0.3 is 45.2 Å². The summed E-state index contributed by atoms with van der Waals surface area (Å²) in [4.78, 5) is 42.8. The van der Waals surface area contributed by atoms with E-state index >= 15 is 0 Å². The maximum Gasteiger partial charge on any atom is 0.276 e. The van der Waals surface area contributed by atoms with Crippen LogP contribution in [-0.4, -0.2) is 99.5 Å². The van der Waals surface area contributed by atoms with Crippen LogP contribution in [0.1, 0.15) is 26.3 Å². The highest BCUT2D eigenvalue weighted by molar-refractivity contribution is 6.39. The number of nitrogens with one attached hydrogen (secondary N) is 2. The zero-order chi connectivity index (χ0) is 35.3. The first-order chi connectivity index (χ1) is 24.7. The van der Waals surface area contributed by atoms with Gasteiger partial charge >= 0.3 is 0 Å². The van der Waals surface area contributed by atoms with Gasteiger partial charge in [-0.1, -0.05) is 18.2 Å². The van der Waals surface area contributed by atoms with Crippen molar-refractivity contribution in [2.24, 2.45) is 0 Å². The number of hydrazine groups is 1. The molecule has 1 saturated heterocycles. The van der Waals surface area contributed by atoms with Crippen molar-refractivity contribution < 1.29 is 49.8 Å². The van der Waals surface area contributed by atoms with E-state index in [1.165, 1.54) is 29.0 Å². The molecule has 2 amide bonds. The molecule has 0 unspecified atom stereocenters. The van der Waals surface area contributed by atoms with E-state index in [9.17, 15) is 40.2 Å². The minimum absolute atomic E-state index is 0.0374. The fraction of sp³-hybridized carbons (Fsp3) is 0.194. The van der Waals surface area contributed by atoms with Crippen LogP contribution in [0, 0.1) is 0 Å². The van der Waals surface area contributed by atoms with Crippen LogP contribution in [0.15, 0.2) is 72.9 Å². The molecule has 51 heavy (non-hydrogen) atoms. The monoisotopic (exact) mass is 691 g/mol. The predicted molar refractivity (Wildman–Crippen MR) is 182 cm³/mol. The number of aromatic nitrogens is 3. The van der Waals surface area contributed by atoms with Crippen molar-refractivity contribution in [3.05, 3.63) is 89.6 Å². The van der Waals surface area contributed by atoms with Crippen LogP contribution < -0.4 is 10.3 Å². The number of carbonyl (C=O) groups is 2. The van der Waals surface area contributed by atoms with Crippen molar-refractivity contribution in [2.75, 3.05) is 6.61 Å². The normalized spacial score (nSPS) is 22.3. The molecular formula is C36H29N5O10. The molecule has 0 saturated carbocycles. The van der Waals surface area contributed by atoms with Crippen LogP contribution in [-0.2, 0) is 11.3 Å². The lowest BCUT2D eigenvalue weighted by Crippen LogP contribution is -2.61. The van der Waals surface area contributed by atoms with Crippen LogP contribution in [0.4, 0.5) is 0 Å². The molecule has 15 nitrogen and oxygen atoms in total. The topological polar surface area (TPSA) is 223 Å². The maximum atomic E-state index is 14.5. The Morgan fingerprint density at radius 3 is 2.35 bits per heavy atom. The molecular weight excluding hydrogens is 662 g/mol. The van der Waals surface area contributed by atoms with E-state index in [-0.39, 0.29) is 45.6 Å². The fourth-order valence-electron chi connectivity index (χ4n) is 7.33. The number of imide groups is 1. The van der Waals surface area contributed by atoms with Gasteiger partial charge in [0.15, 0.2) is 0 Å². The third-order valence-electron chi connectivity index (χ3n) is 9.74. The summed E-state index contributed by atoms with van der Waals surface area (Å²) in [7, 11) is 0. The average Bonchev–Trinajstić information content (AvgIpc) is 3.73. The summed E-state index contributed by atoms with van der Waals surface area (Å²) in [6.45, 7) is -0.588. The lowest BCUT2D eigenvalue weighted by atomic mass is 9.96. The number of rotatable bonds is 6. The van der Waals surface area contributed by atoms with Crippen LogP contribution in [0.5, 0.6) is 11.5 Å². The van der Waals surface area contributed by atoms with Gasteiger partial charge in [-0.3, -0.25) is 14.6 Å². The van der Waals surface area contributed by atoms with Gasteiger partial charge in [0.1, 0.15) is 41.4 Å². The number of para-hydroxylation sites is 1. The number of H-pyrrole nitrogens is 1. The third-order valence-corrected chi connectivity index (χ3v) is 9.74. The number of carbonyl (C=O) groups excluding carboxylic acids is 2. The highest BCUT2D eigenvalue weighted by atomic mass is 16.8. The average molecular weight is 692 g/mol. The van der Waals surface area contributed by atoms with Gasteiger partial charge in [-0.05, 0) is 42.0 Å². The summed E-state index contributed by atoms with van der Waals surface area (Å²) in [5, 5.41) is 65.9. The number of aromatic hydroxyl groups is 2. The van der Waals surface area contributed by atoms with Gasteiger partial charge in [0.2, 0.25) is 0 Å². The van der Waals surface area contributed by atoms with Gasteiger partial charge in [0.25, 0.3) is 18.1 Å². The number of amides is 2. The van der Waals surface area contributed by atoms with Crippen molar-refractivity contribution in [1.29, 1.82) is 0 Å². The molecule has 2 aliphatic heterocycles. The molecule has 2 aliphatic rings. The van der Waals surface area contributed by atoms with Gasteiger partial charge in [0.05, 0.1) is 39.8 Å². The molecule has 0 spiro atoms. The van der Waals surface area contributed by atoms with Gasteiger partial charge in [-0.25, -0.2) is 10.4 Å². The standard InChI is InChI=1S/C36H29N5O10/c42-14-24-31(45)32(46)33(47)36(50-24)51-41-23-12-17(44)6-8-20(23)26-28-27(25-19-7-5-16(43)11-22(19)39-29(25)30(26)41)34(48)40(35(28)49)38-13-15-9-10-37-21-4-2-1-3-18(15)21/h1-12,24,31-33,36,38-39,42-47H,13-14H2/t24-,31-,32+,33-,36+/m1/s1. The maximum absolute atomic E-state index is 14.5. The van der Waals surface area contributed by atoms with E-state index in [0.717, 1.165) is 21.5 Å². The zero-order valence-electron chi connectivity index (χ0n) is 26.4. The quantitative estimate of drug-likeness (QED) is 0.117. The van der Waals surface area contributed by atoms with Crippen LogP contribution in [0.3, 0.4) is 0 Å². The van der Waals surface area contributed by atoms with Crippen molar-refractivity contribution in [3.8, 4) is 11.5 Å². The number of hydrogen-bond donors (Lipinski definition) is 8. The molecule has 258 valence electrons. The number of ether oxygens (including phenoxy) is 1. The molecule has 8 N–H and O–H groups in total. The molecule has 3 aromatic heterocycles. The first-order valence-electron chi connectivity index (χ1n) is 16.1. The van der Waals surface area contributed by atoms with Gasteiger partial charge in [-0.2, -0.15) is 4.73 Å². The third kappa shape index (κ3) is 4.50. The number of phenolic OH excluding ortho intramolecular Hbond substituents is 2. The molecule has 1 fully saturated rings. The number of aliphatic hydroxyl groups is 4. The van der Waals surface area contributed by atoms with E-state index < -0.39 is 49.1 Å². The Bertz CT molecular complexity index is 2590. The van der Waals surface area contributed by atoms with E-state index in [1.807, 2.05) is 24.3 Å². The second kappa shape index (κ2) is 11.4.